The van der Waals surface area contributed by atoms with Crippen molar-refractivity contribution >= 4 is 35.0 Å². The first kappa shape index (κ1) is 20.5. The lowest BCUT2D eigenvalue weighted by molar-refractivity contribution is 0.0953. The van der Waals surface area contributed by atoms with Crippen molar-refractivity contribution in [3.8, 4) is 17.1 Å². The average Bonchev–Trinajstić information content (AvgIpc) is 3.39. The minimum Gasteiger partial charge on any atom is -0.497 e. The summed E-state index contributed by atoms with van der Waals surface area (Å²) in [6.45, 7) is 1.55. The third-order valence-electron chi connectivity index (χ3n) is 4.83. The van der Waals surface area contributed by atoms with Gasteiger partial charge in [-0.25, -0.2) is 0 Å². The summed E-state index contributed by atoms with van der Waals surface area (Å²) in [6.07, 6.45) is 2.33. The van der Waals surface area contributed by atoms with E-state index < -0.39 is 0 Å². The molecular formula is C21H21Cl2N3O2S. The van der Waals surface area contributed by atoms with E-state index in [1.165, 1.54) is 0 Å². The Bertz CT molecular complexity index is 973. The summed E-state index contributed by atoms with van der Waals surface area (Å²) in [5.41, 5.74) is 2.08. The molecule has 1 aliphatic rings. The van der Waals surface area contributed by atoms with E-state index in [2.05, 4.69) is 14.8 Å². The van der Waals surface area contributed by atoms with Gasteiger partial charge in [-0.1, -0.05) is 41.0 Å². The Balaban J connectivity index is 1.59. The highest BCUT2D eigenvalue weighted by Gasteiger charge is 2.22. The fourth-order valence-electron chi connectivity index (χ4n) is 3.28. The first-order valence-electron chi connectivity index (χ1n) is 9.40. The van der Waals surface area contributed by atoms with Crippen LogP contribution in [-0.2, 0) is 17.0 Å². The van der Waals surface area contributed by atoms with Gasteiger partial charge in [0.05, 0.1) is 29.8 Å². The maximum absolute atomic E-state index is 6.15. The summed E-state index contributed by atoms with van der Waals surface area (Å²) in [6, 6.07) is 13.6. The van der Waals surface area contributed by atoms with Crippen LogP contribution < -0.4 is 4.74 Å². The molecule has 4 rings (SSSR count). The maximum Gasteiger partial charge on any atom is 0.191 e. The molecule has 3 aromatic rings. The predicted octanol–water partition coefficient (Wildman–Crippen LogP) is 5.73. The Kier molecular flexibility index (Phi) is 6.65. The standard InChI is InChI=1S/C21H21Cl2N3O2S/c1-27-16-7-5-15(6-8-16)20-24-25-21(26(20)12-17-3-2-10-28-17)29-13-14-4-9-18(22)19(23)11-14/h4-9,11,17H,2-3,10,12-13H2,1H3/t17-/m0/s1. The van der Waals surface area contributed by atoms with Crippen LogP contribution in [-0.4, -0.2) is 34.6 Å². The smallest absolute Gasteiger partial charge is 0.191 e. The van der Waals surface area contributed by atoms with E-state index in [0.717, 1.165) is 59.6 Å². The highest BCUT2D eigenvalue weighted by atomic mass is 35.5. The molecule has 0 saturated carbocycles. The molecule has 0 unspecified atom stereocenters. The molecule has 1 aliphatic heterocycles. The van der Waals surface area contributed by atoms with Crippen LogP contribution in [0.1, 0.15) is 18.4 Å². The van der Waals surface area contributed by atoms with Gasteiger partial charge in [0.1, 0.15) is 5.75 Å². The molecule has 0 N–H and O–H groups in total. The molecule has 8 heteroatoms. The lowest BCUT2D eigenvalue weighted by Gasteiger charge is -2.15. The summed E-state index contributed by atoms with van der Waals surface area (Å²) in [7, 11) is 1.66. The van der Waals surface area contributed by atoms with Crippen molar-refractivity contribution in [2.75, 3.05) is 13.7 Å². The van der Waals surface area contributed by atoms with Crippen LogP contribution in [0.4, 0.5) is 0 Å². The average molecular weight is 450 g/mol. The molecule has 1 atom stereocenters. The van der Waals surface area contributed by atoms with E-state index in [9.17, 15) is 0 Å². The molecule has 0 amide bonds. The first-order chi connectivity index (χ1) is 14.1. The Morgan fingerprint density at radius 2 is 1.97 bits per heavy atom. The van der Waals surface area contributed by atoms with Gasteiger partial charge in [0.15, 0.2) is 11.0 Å². The Morgan fingerprint density at radius 1 is 1.14 bits per heavy atom. The van der Waals surface area contributed by atoms with Gasteiger partial charge < -0.3 is 9.47 Å². The van der Waals surface area contributed by atoms with Crippen LogP contribution in [0.15, 0.2) is 47.6 Å². The molecule has 1 fully saturated rings. The van der Waals surface area contributed by atoms with Crippen molar-refractivity contribution < 1.29 is 9.47 Å². The summed E-state index contributed by atoms with van der Waals surface area (Å²) in [5.74, 6) is 2.37. The lowest BCUT2D eigenvalue weighted by atomic mass is 10.2. The molecule has 1 saturated heterocycles. The van der Waals surface area contributed by atoms with Gasteiger partial charge in [-0.2, -0.15) is 0 Å². The topological polar surface area (TPSA) is 49.2 Å². The fraction of sp³-hybridized carbons (Fsp3) is 0.333. The highest BCUT2D eigenvalue weighted by molar-refractivity contribution is 7.98. The second kappa shape index (κ2) is 9.39. The molecule has 2 heterocycles. The van der Waals surface area contributed by atoms with Gasteiger partial charge in [0.2, 0.25) is 0 Å². The number of aromatic nitrogens is 3. The van der Waals surface area contributed by atoms with Crippen molar-refractivity contribution in [2.24, 2.45) is 0 Å². The van der Waals surface area contributed by atoms with Crippen LogP contribution >= 0.6 is 35.0 Å². The number of nitrogens with zero attached hydrogens (tertiary/aromatic N) is 3. The molecule has 152 valence electrons. The highest BCUT2D eigenvalue weighted by Crippen LogP contribution is 2.31. The van der Waals surface area contributed by atoms with E-state index in [-0.39, 0.29) is 6.10 Å². The largest absolute Gasteiger partial charge is 0.497 e. The maximum atomic E-state index is 6.15. The van der Waals surface area contributed by atoms with Crippen LogP contribution in [0.25, 0.3) is 11.4 Å². The summed E-state index contributed by atoms with van der Waals surface area (Å²) in [5, 5.41) is 10.9. The summed E-state index contributed by atoms with van der Waals surface area (Å²) >= 11 is 13.8. The van der Waals surface area contributed by atoms with Crippen molar-refractivity contribution in [3.63, 3.8) is 0 Å². The Morgan fingerprint density at radius 3 is 2.66 bits per heavy atom. The normalized spacial score (nSPS) is 16.3. The molecule has 29 heavy (non-hydrogen) atoms. The van der Waals surface area contributed by atoms with E-state index in [0.29, 0.717) is 10.0 Å². The van der Waals surface area contributed by atoms with E-state index in [1.54, 1.807) is 18.9 Å². The Labute approximate surface area is 184 Å². The predicted molar refractivity (Wildman–Crippen MR) is 117 cm³/mol. The van der Waals surface area contributed by atoms with Crippen molar-refractivity contribution in [1.82, 2.24) is 14.8 Å². The van der Waals surface area contributed by atoms with Crippen molar-refractivity contribution in [2.45, 2.75) is 36.4 Å². The number of halogens is 2. The van der Waals surface area contributed by atoms with E-state index in [1.807, 2.05) is 42.5 Å². The summed E-state index contributed by atoms with van der Waals surface area (Å²) < 4.78 is 13.3. The zero-order valence-corrected chi connectivity index (χ0v) is 18.3. The number of hydrogen-bond acceptors (Lipinski definition) is 5. The van der Waals surface area contributed by atoms with Crippen LogP contribution in [0, 0.1) is 0 Å². The molecule has 5 nitrogen and oxygen atoms in total. The van der Waals surface area contributed by atoms with Gasteiger partial charge in [0.25, 0.3) is 0 Å². The van der Waals surface area contributed by atoms with Crippen molar-refractivity contribution in [1.29, 1.82) is 0 Å². The number of rotatable bonds is 7. The van der Waals surface area contributed by atoms with Gasteiger partial charge in [-0.05, 0) is 54.8 Å². The van der Waals surface area contributed by atoms with Crippen molar-refractivity contribution in [3.05, 3.63) is 58.1 Å². The van der Waals surface area contributed by atoms with Gasteiger partial charge in [-0.3, -0.25) is 4.57 Å². The lowest BCUT2D eigenvalue weighted by Crippen LogP contribution is -2.16. The van der Waals surface area contributed by atoms with E-state index in [4.69, 9.17) is 32.7 Å². The minimum absolute atomic E-state index is 0.187. The molecular weight excluding hydrogens is 429 g/mol. The number of benzene rings is 2. The molecule has 0 aliphatic carbocycles. The number of thioether (sulfide) groups is 1. The quantitative estimate of drug-likeness (QED) is 0.430. The minimum atomic E-state index is 0.187. The molecule has 0 radical (unpaired) electrons. The molecule has 0 spiro atoms. The zero-order chi connectivity index (χ0) is 20.2. The van der Waals surface area contributed by atoms with Gasteiger partial charge in [-0.15, -0.1) is 10.2 Å². The van der Waals surface area contributed by atoms with E-state index >= 15 is 0 Å². The third-order valence-corrected chi connectivity index (χ3v) is 6.60. The number of hydrogen-bond donors (Lipinski definition) is 0. The number of ether oxygens (including phenoxy) is 2. The fourth-order valence-corrected chi connectivity index (χ4v) is 4.49. The first-order valence-corrected chi connectivity index (χ1v) is 11.1. The van der Waals surface area contributed by atoms with Gasteiger partial charge >= 0.3 is 0 Å². The molecule has 1 aromatic heterocycles. The van der Waals surface area contributed by atoms with Crippen LogP contribution in [0.5, 0.6) is 5.75 Å². The second-order valence-corrected chi connectivity index (χ2v) is 8.57. The number of methoxy groups -OCH3 is 1. The summed E-state index contributed by atoms with van der Waals surface area (Å²) in [4.78, 5) is 0. The van der Waals surface area contributed by atoms with Crippen LogP contribution in [0.3, 0.4) is 0 Å². The second-order valence-electron chi connectivity index (χ2n) is 6.82. The SMILES string of the molecule is COc1ccc(-c2nnc(SCc3ccc(Cl)c(Cl)c3)n2C[C@@H]2CCCO2)cc1. The Hall–Kier alpha value is -1.73. The molecule has 2 aromatic carbocycles. The van der Waals surface area contributed by atoms with Gasteiger partial charge in [0, 0.05) is 17.9 Å². The third kappa shape index (κ3) is 4.89. The van der Waals surface area contributed by atoms with Crippen LogP contribution in [0.2, 0.25) is 10.0 Å². The monoisotopic (exact) mass is 449 g/mol. The zero-order valence-electron chi connectivity index (χ0n) is 16.0. The molecule has 0 bridgehead atoms.